The number of aromatic amines is 1. The summed E-state index contributed by atoms with van der Waals surface area (Å²) >= 11 is 0. The fraction of sp³-hybridized carbons (Fsp3) is 0.250. The number of benzene rings is 1. The average Bonchev–Trinajstić information content (AvgIpc) is 2.98. The van der Waals surface area contributed by atoms with E-state index in [1.54, 1.807) is 19.2 Å². The highest BCUT2D eigenvalue weighted by Crippen LogP contribution is 2.31. The fourth-order valence-corrected chi connectivity index (χ4v) is 3.03. The van der Waals surface area contributed by atoms with Crippen molar-refractivity contribution in [3.05, 3.63) is 64.6 Å². The van der Waals surface area contributed by atoms with Crippen molar-refractivity contribution < 1.29 is 14.7 Å². The van der Waals surface area contributed by atoms with Crippen LogP contribution in [-0.4, -0.2) is 26.8 Å². The molecule has 1 atom stereocenters. The molecule has 5 heteroatoms. The summed E-state index contributed by atoms with van der Waals surface area (Å²) < 4.78 is 0. The number of carbonyl (C=O) groups excluding carboxylic acids is 1. The number of aromatic nitrogens is 2. The first kappa shape index (κ1) is 16.9. The maximum absolute atomic E-state index is 13.0. The van der Waals surface area contributed by atoms with Gasteiger partial charge in [0.2, 0.25) is 5.78 Å². The molecule has 0 radical (unpaired) electrons. The molecular weight excluding hydrogens is 316 g/mol. The molecule has 0 spiro atoms. The summed E-state index contributed by atoms with van der Waals surface area (Å²) in [6.45, 7) is 5.53. The standard InChI is InChI=1S/C20H20N2O3/c1-4-13-5-6-14-15(10-13)22-18(17(14)12(3)20(24)25)19(23)16-9-11(2)7-8-21-16/h5-10,12,22H,4H2,1-3H3,(H,24,25). The van der Waals surface area contributed by atoms with Crippen LogP contribution in [0.25, 0.3) is 10.9 Å². The number of aliphatic carboxylic acids is 1. The number of fused-ring (bicyclic) bond motifs is 1. The minimum Gasteiger partial charge on any atom is -0.481 e. The molecule has 0 aliphatic carbocycles. The first-order chi connectivity index (χ1) is 11.9. The van der Waals surface area contributed by atoms with Gasteiger partial charge in [0.15, 0.2) is 0 Å². The van der Waals surface area contributed by atoms with Crippen LogP contribution in [-0.2, 0) is 11.2 Å². The van der Waals surface area contributed by atoms with Gasteiger partial charge in [-0.05, 0) is 49.6 Å². The third-order valence-corrected chi connectivity index (χ3v) is 4.49. The summed E-state index contributed by atoms with van der Waals surface area (Å²) in [7, 11) is 0. The molecule has 2 heterocycles. The summed E-state index contributed by atoms with van der Waals surface area (Å²) in [5.74, 6) is -2.06. The second-order valence-electron chi connectivity index (χ2n) is 6.25. The van der Waals surface area contributed by atoms with Crippen LogP contribution in [0.15, 0.2) is 36.5 Å². The van der Waals surface area contributed by atoms with Crippen LogP contribution >= 0.6 is 0 Å². The molecule has 0 amide bonds. The third-order valence-electron chi connectivity index (χ3n) is 4.49. The normalized spacial score (nSPS) is 12.3. The number of nitrogens with zero attached hydrogens (tertiary/aromatic N) is 1. The molecule has 0 fully saturated rings. The molecule has 0 bridgehead atoms. The van der Waals surface area contributed by atoms with Crippen molar-refractivity contribution in [2.75, 3.05) is 0 Å². The van der Waals surface area contributed by atoms with Gasteiger partial charge in [0.25, 0.3) is 0 Å². The molecule has 128 valence electrons. The van der Waals surface area contributed by atoms with E-state index in [0.29, 0.717) is 17.0 Å². The SMILES string of the molecule is CCc1ccc2c(C(C)C(=O)O)c(C(=O)c3cc(C)ccn3)[nH]c2c1. The molecule has 3 rings (SSSR count). The number of hydrogen-bond donors (Lipinski definition) is 2. The molecule has 0 aliphatic rings. The van der Waals surface area contributed by atoms with E-state index in [4.69, 9.17) is 0 Å². The van der Waals surface area contributed by atoms with Crippen LogP contribution in [0.4, 0.5) is 0 Å². The van der Waals surface area contributed by atoms with Crippen LogP contribution in [0.5, 0.6) is 0 Å². The Morgan fingerprint density at radius 3 is 2.64 bits per heavy atom. The molecule has 1 aromatic carbocycles. The number of hydrogen-bond acceptors (Lipinski definition) is 3. The Hall–Kier alpha value is -2.95. The van der Waals surface area contributed by atoms with E-state index in [2.05, 4.69) is 9.97 Å². The molecule has 5 nitrogen and oxygen atoms in total. The van der Waals surface area contributed by atoms with Gasteiger partial charge in [-0.1, -0.05) is 19.1 Å². The lowest BCUT2D eigenvalue weighted by Gasteiger charge is -2.09. The predicted molar refractivity (Wildman–Crippen MR) is 96.1 cm³/mol. The Morgan fingerprint density at radius 2 is 2.00 bits per heavy atom. The van der Waals surface area contributed by atoms with Crippen LogP contribution < -0.4 is 0 Å². The van der Waals surface area contributed by atoms with Gasteiger partial charge in [-0.25, -0.2) is 0 Å². The zero-order valence-electron chi connectivity index (χ0n) is 14.5. The van der Waals surface area contributed by atoms with E-state index >= 15 is 0 Å². The maximum Gasteiger partial charge on any atom is 0.310 e. The molecule has 2 N–H and O–H groups in total. The highest BCUT2D eigenvalue weighted by molar-refractivity contribution is 6.12. The number of carboxylic acids is 1. The Kier molecular flexibility index (Phi) is 4.40. The van der Waals surface area contributed by atoms with Crippen LogP contribution in [0.1, 0.15) is 52.6 Å². The lowest BCUT2D eigenvalue weighted by Crippen LogP contribution is -2.13. The van der Waals surface area contributed by atoms with Gasteiger partial charge in [-0.15, -0.1) is 0 Å². The van der Waals surface area contributed by atoms with Crippen LogP contribution in [0, 0.1) is 6.92 Å². The summed E-state index contributed by atoms with van der Waals surface area (Å²) in [5, 5.41) is 10.3. The van der Waals surface area contributed by atoms with E-state index in [1.807, 2.05) is 38.1 Å². The van der Waals surface area contributed by atoms with Gasteiger partial charge in [0.1, 0.15) is 5.69 Å². The van der Waals surface area contributed by atoms with Gasteiger partial charge >= 0.3 is 5.97 Å². The van der Waals surface area contributed by atoms with Crippen LogP contribution in [0.3, 0.4) is 0 Å². The van der Waals surface area contributed by atoms with Crippen molar-refractivity contribution in [1.82, 2.24) is 9.97 Å². The summed E-state index contributed by atoms with van der Waals surface area (Å²) in [5.41, 5.74) is 3.95. The number of carboxylic acid groups (broad SMARTS) is 1. The lowest BCUT2D eigenvalue weighted by atomic mass is 9.94. The molecule has 25 heavy (non-hydrogen) atoms. The first-order valence-electron chi connectivity index (χ1n) is 8.27. The molecule has 1 unspecified atom stereocenters. The highest BCUT2D eigenvalue weighted by atomic mass is 16.4. The van der Waals surface area contributed by atoms with E-state index in [9.17, 15) is 14.7 Å². The smallest absolute Gasteiger partial charge is 0.310 e. The van der Waals surface area contributed by atoms with Crippen molar-refractivity contribution in [2.45, 2.75) is 33.1 Å². The topological polar surface area (TPSA) is 83.0 Å². The minimum atomic E-state index is -0.966. The van der Waals surface area contributed by atoms with Crippen molar-refractivity contribution in [3.8, 4) is 0 Å². The summed E-state index contributed by atoms with van der Waals surface area (Å²) in [6.07, 6.45) is 2.45. The zero-order valence-corrected chi connectivity index (χ0v) is 14.5. The Balaban J connectivity index is 2.23. The number of pyridine rings is 1. The first-order valence-corrected chi connectivity index (χ1v) is 8.27. The number of rotatable bonds is 5. The van der Waals surface area contributed by atoms with Gasteiger partial charge in [-0.2, -0.15) is 0 Å². The number of aryl methyl sites for hydroxylation is 2. The monoisotopic (exact) mass is 336 g/mol. The van der Waals surface area contributed by atoms with Gasteiger partial charge in [0.05, 0.1) is 11.6 Å². The van der Waals surface area contributed by atoms with Crippen molar-refractivity contribution >= 4 is 22.7 Å². The quantitative estimate of drug-likeness (QED) is 0.693. The van der Waals surface area contributed by atoms with Gasteiger partial charge in [-0.3, -0.25) is 14.6 Å². The Bertz CT molecular complexity index is 972. The van der Waals surface area contributed by atoms with Gasteiger partial charge in [0, 0.05) is 22.7 Å². The predicted octanol–water partition coefficient (Wildman–Crippen LogP) is 3.85. The molecule has 0 aliphatic heterocycles. The number of carbonyl (C=O) groups is 2. The van der Waals surface area contributed by atoms with Crippen molar-refractivity contribution in [1.29, 1.82) is 0 Å². The second kappa shape index (κ2) is 6.51. The number of ketones is 1. The van der Waals surface area contributed by atoms with Gasteiger partial charge < -0.3 is 10.1 Å². The third kappa shape index (κ3) is 3.05. The zero-order chi connectivity index (χ0) is 18.1. The van der Waals surface area contributed by atoms with E-state index in [0.717, 1.165) is 28.5 Å². The average molecular weight is 336 g/mol. The highest BCUT2D eigenvalue weighted by Gasteiger charge is 2.27. The fourth-order valence-electron chi connectivity index (χ4n) is 3.03. The molecule has 3 aromatic rings. The second-order valence-corrected chi connectivity index (χ2v) is 6.25. The number of nitrogens with one attached hydrogen (secondary N) is 1. The summed E-state index contributed by atoms with van der Waals surface area (Å²) in [4.78, 5) is 31.9. The molecule has 2 aromatic heterocycles. The maximum atomic E-state index is 13.0. The molecular formula is C20H20N2O3. The largest absolute Gasteiger partial charge is 0.481 e. The minimum absolute atomic E-state index is 0.291. The Morgan fingerprint density at radius 1 is 1.24 bits per heavy atom. The van der Waals surface area contributed by atoms with E-state index in [-0.39, 0.29) is 5.78 Å². The van der Waals surface area contributed by atoms with Crippen molar-refractivity contribution in [3.63, 3.8) is 0 Å². The van der Waals surface area contributed by atoms with E-state index < -0.39 is 11.9 Å². The molecule has 0 saturated carbocycles. The van der Waals surface area contributed by atoms with Crippen molar-refractivity contribution in [2.24, 2.45) is 0 Å². The lowest BCUT2D eigenvalue weighted by molar-refractivity contribution is -0.138. The van der Waals surface area contributed by atoms with E-state index in [1.165, 1.54) is 0 Å². The summed E-state index contributed by atoms with van der Waals surface area (Å²) in [6, 6.07) is 9.35. The Labute approximate surface area is 145 Å². The number of H-pyrrole nitrogens is 1. The molecule has 0 saturated heterocycles. The van der Waals surface area contributed by atoms with Crippen LogP contribution in [0.2, 0.25) is 0 Å².